The second kappa shape index (κ2) is 5.50. The average Bonchev–Trinajstić information content (AvgIpc) is 2.75. The molecule has 0 aromatic carbocycles. The summed E-state index contributed by atoms with van der Waals surface area (Å²) in [5.74, 6) is -0.185. The molecule has 0 bridgehead atoms. The van der Waals surface area contributed by atoms with Crippen LogP contribution in [0, 0.1) is 0 Å². The zero-order valence-electron chi connectivity index (χ0n) is 9.35. The minimum absolute atomic E-state index is 0.0730. The van der Waals surface area contributed by atoms with E-state index in [2.05, 4.69) is 4.74 Å². The molecule has 0 atom stereocenters. The van der Waals surface area contributed by atoms with E-state index in [1.165, 1.54) is 30.5 Å². The minimum Gasteiger partial charge on any atom is -0.495 e. The van der Waals surface area contributed by atoms with E-state index in [4.69, 9.17) is 4.74 Å². The van der Waals surface area contributed by atoms with Gasteiger partial charge in [0.05, 0.1) is 14.2 Å². The molecule has 0 saturated carbocycles. The number of hydrogen-bond donors (Lipinski definition) is 0. The Morgan fingerprint density at radius 2 is 2.12 bits per heavy atom. The minimum atomic E-state index is -0.452. The van der Waals surface area contributed by atoms with E-state index in [-0.39, 0.29) is 12.5 Å². The Kier molecular flexibility index (Phi) is 4.30. The Bertz CT molecular complexity index is 388. The van der Waals surface area contributed by atoms with Crippen LogP contribution in [0.3, 0.4) is 0 Å². The second-order valence-electron chi connectivity index (χ2n) is 3.06. The molecule has 0 aliphatic heterocycles. The van der Waals surface area contributed by atoms with Crippen LogP contribution in [0.5, 0.6) is 5.75 Å². The molecule has 0 N–H and O–H groups in total. The Morgan fingerprint density at radius 1 is 1.44 bits per heavy atom. The van der Waals surface area contributed by atoms with E-state index < -0.39 is 5.97 Å². The summed E-state index contributed by atoms with van der Waals surface area (Å²) in [5, 5.41) is 1.76. The zero-order chi connectivity index (χ0) is 12.1. The van der Waals surface area contributed by atoms with Crippen LogP contribution < -0.4 is 4.74 Å². The van der Waals surface area contributed by atoms with Crippen molar-refractivity contribution in [3.63, 3.8) is 0 Å². The first-order valence-electron chi connectivity index (χ1n) is 4.54. The van der Waals surface area contributed by atoms with Crippen LogP contribution >= 0.6 is 11.3 Å². The highest BCUT2D eigenvalue weighted by molar-refractivity contribution is 7.12. The number of likely N-dealkylation sites (N-methyl/N-ethyl adjacent to an activating group) is 1. The van der Waals surface area contributed by atoms with Crippen LogP contribution in [0.15, 0.2) is 11.4 Å². The lowest BCUT2D eigenvalue weighted by Crippen LogP contribution is -2.32. The van der Waals surface area contributed by atoms with Gasteiger partial charge in [0.1, 0.15) is 17.2 Å². The number of rotatable bonds is 4. The molecule has 1 aromatic heterocycles. The molecule has 0 fully saturated rings. The van der Waals surface area contributed by atoms with Crippen molar-refractivity contribution in [1.82, 2.24) is 4.90 Å². The Morgan fingerprint density at radius 3 is 2.69 bits per heavy atom. The number of hydrogen-bond acceptors (Lipinski definition) is 5. The lowest BCUT2D eigenvalue weighted by atomic mass is 10.3. The third kappa shape index (κ3) is 2.73. The summed E-state index contributed by atoms with van der Waals surface area (Å²) >= 11 is 1.28. The largest absolute Gasteiger partial charge is 0.495 e. The first kappa shape index (κ1) is 12.5. The number of carbonyl (C=O) groups is 2. The van der Waals surface area contributed by atoms with Crippen LogP contribution in [0.2, 0.25) is 0 Å². The van der Waals surface area contributed by atoms with Gasteiger partial charge in [-0.2, -0.15) is 0 Å². The monoisotopic (exact) mass is 243 g/mol. The average molecular weight is 243 g/mol. The van der Waals surface area contributed by atoms with Gasteiger partial charge in [-0.1, -0.05) is 0 Å². The molecule has 0 spiro atoms. The van der Waals surface area contributed by atoms with Crippen LogP contribution in [0.25, 0.3) is 0 Å². The smallest absolute Gasteiger partial charge is 0.325 e. The molecule has 0 saturated heterocycles. The maximum absolute atomic E-state index is 11.9. The summed E-state index contributed by atoms with van der Waals surface area (Å²) in [6.45, 7) is -0.0730. The maximum Gasteiger partial charge on any atom is 0.325 e. The molecule has 0 unspecified atom stereocenters. The summed E-state index contributed by atoms with van der Waals surface area (Å²) in [6, 6.07) is 1.71. The number of ether oxygens (including phenoxy) is 2. The van der Waals surface area contributed by atoms with Gasteiger partial charge in [-0.3, -0.25) is 9.59 Å². The quantitative estimate of drug-likeness (QED) is 0.740. The summed E-state index contributed by atoms with van der Waals surface area (Å²) < 4.78 is 9.52. The molecule has 1 amide bonds. The number of amides is 1. The number of thiophene rings is 1. The van der Waals surface area contributed by atoms with Gasteiger partial charge in [0.15, 0.2) is 0 Å². The predicted octanol–water partition coefficient (Wildman–Crippen LogP) is 1.00. The highest BCUT2D eigenvalue weighted by Crippen LogP contribution is 2.25. The van der Waals surface area contributed by atoms with Gasteiger partial charge in [-0.25, -0.2) is 0 Å². The summed E-state index contributed by atoms with van der Waals surface area (Å²) in [4.78, 5) is 24.7. The molecule has 0 aliphatic carbocycles. The van der Waals surface area contributed by atoms with Crippen molar-refractivity contribution in [3.8, 4) is 5.75 Å². The van der Waals surface area contributed by atoms with E-state index in [0.29, 0.717) is 10.6 Å². The van der Waals surface area contributed by atoms with Crippen molar-refractivity contribution in [1.29, 1.82) is 0 Å². The van der Waals surface area contributed by atoms with Crippen molar-refractivity contribution in [2.75, 3.05) is 27.8 Å². The van der Waals surface area contributed by atoms with Crippen LogP contribution in [0.4, 0.5) is 0 Å². The number of nitrogens with zero attached hydrogens (tertiary/aromatic N) is 1. The predicted molar refractivity (Wildman–Crippen MR) is 59.8 cm³/mol. The van der Waals surface area contributed by atoms with Crippen molar-refractivity contribution < 1.29 is 19.1 Å². The first-order valence-corrected chi connectivity index (χ1v) is 5.42. The standard InChI is InChI=1S/C10H13NO4S/c1-11(6-8(12)15-3)10(13)9-7(14-2)4-5-16-9/h4-5H,6H2,1-3H3. The highest BCUT2D eigenvalue weighted by atomic mass is 32.1. The lowest BCUT2D eigenvalue weighted by Gasteiger charge is -2.15. The van der Waals surface area contributed by atoms with Crippen LogP contribution in [-0.2, 0) is 9.53 Å². The molecular formula is C10H13NO4S. The Labute approximate surface area is 97.6 Å². The van der Waals surface area contributed by atoms with Gasteiger partial charge in [0, 0.05) is 7.05 Å². The molecule has 0 aliphatic rings. The van der Waals surface area contributed by atoms with E-state index in [0.717, 1.165) is 0 Å². The maximum atomic E-state index is 11.9. The van der Waals surface area contributed by atoms with E-state index in [9.17, 15) is 9.59 Å². The van der Waals surface area contributed by atoms with Crippen molar-refractivity contribution in [3.05, 3.63) is 16.3 Å². The van der Waals surface area contributed by atoms with Gasteiger partial charge in [-0.05, 0) is 11.4 Å². The van der Waals surface area contributed by atoms with E-state index >= 15 is 0 Å². The molecule has 1 aromatic rings. The van der Waals surface area contributed by atoms with Crippen LogP contribution in [0.1, 0.15) is 9.67 Å². The summed E-state index contributed by atoms with van der Waals surface area (Å²) in [7, 11) is 4.32. The van der Waals surface area contributed by atoms with Crippen molar-refractivity contribution in [2.45, 2.75) is 0 Å². The molecule has 0 radical (unpaired) electrons. The number of methoxy groups -OCH3 is 2. The lowest BCUT2D eigenvalue weighted by molar-refractivity contribution is -0.141. The van der Waals surface area contributed by atoms with E-state index in [1.807, 2.05) is 0 Å². The Balaban J connectivity index is 2.74. The molecule has 16 heavy (non-hydrogen) atoms. The second-order valence-corrected chi connectivity index (χ2v) is 3.97. The molecule has 88 valence electrons. The van der Waals surface area contributed by atoms with E-state index in [1.54, 1.807) is 18.5 Å². The molecular weight excluding hydrogens is 230 g/mol. The van der Waals surface area contributed by atoms with Gasteiger partial charge in [0.25, 0.3) is 5.91 Å². The fraction of sp³-hybridized carbons (Fsp3) is 0.400. The number of carbonyl (C=O) groups excluding carboxylic acids is 2. The van der Waals surface area contributed by atoms with Crippen molar-refractivity contribution in [2.24, 2.45) is 0 Å². The fourth-order valence-electron chi connectivity index (χ4n) is 1.12. The zero-order valence-corrected chi connectivity index (χ0v) is 10.2. The first-order chi connectivity index (χ1) is 7.60. The third-order valence-electron chi connectivity index (χ3n) is 1.98. The van der Waals surface area contributed by atoms with Gasteiger partial charge >= 0.3 is 5.97 Å². The molecule has 1 heterocycles. The Hall–Kier alpha value is -1.56. The van der Waals surface area contributed by atoms with Crippen LogP contribution in [-0.4, -0.2) is 44.6 Å². The SMILES string of the molecule is COC(=O)CN(C)C(=O)c1sccc1OC. The summed E-state index contributed by atoms with van der Waals surface area (Å²) in [5.41, 5.74) is 0. The normalized spacial score (nSPS) is 9.69. The topological polar surface area (TPSA) is 55.8 Å². The van der Waals surface area contributed by atoms with Gasteiger partial charge in [0.2, 0.25) is 0 Å². The highest BCUT2D eigenvalue weighted by Gasteiger charge is 2.19. The van der Waals surface area contributed by atoms with Crippen molar-refractivity contribution >= 4 is 23.2 Å². The van der Waals surface area contributed by atoms with Gasteiger partial charge < -0.3 is 14.4 Å². The molecule has 6 heteroatoms. The number of esters is 1. The molecule has 1 rings (SSSR count). The van der Waals surface area contributed by atoms with Gasteiger partial charge in [-0.15, -0.1) is 11.3 Å². The third-order valence-corrected chi connectivity index (χ3v) is 2.87. The fourth-order valence-corrected chi connectivity index (χ4v) is 1.97. The molecule has 5 nitrogen and oxygen atoms in total. The summed E-state index contributed by atoms with van der Waals surface area (Å²) in [6.07, 6.45) is 0.